The van der Waals surface area contributed by atoms with E-state index in [1.165, 1.54) is 0 Å². The molecule has 1 aromatic carbocycles. The van der Waals surface area contributed by atoms with E-state index in [1.54, 1.807) is 24.3 Å². The highest BCUT2D eigenvalue weighted by atomic mass is 32.2. The van der Waals surface area contributed by atoms with E-state index >= 15 is 0 Å². The van der Waals surface area contributed by atoms with Crippen LogP contribution in [0.5, 0.6) is 0 Å². The minimum atomic E-state index is 0.118. The number of hydrogen-bond acceptors (Lipinski definition) is 3. The van der Waals surface area contributed by atoms with Gasteiger partial charge in [-0.3, -0.25) is 4.79 Å². The molecule has 1 heterocycles. The molecule has 4 heteroatoms. The van der Waals surface area contributed by atoms with Crippen molar-refractivity contribution < 1.29 is 4.79 Å². The van der Waals surface area contributed by atoms with Crippen LogP contribution in [0.3, 0.4) is 0 Å². The summed E-state index contributed by atoms with van der Waals surface area (Å²) in [4.78, 5) is 14.1. The van der Waals surface area contributed by atoms with Gasteiger partial charge in [0.05, 0.1) is 0 Å². The molecule has 3 nitrogen and oxygen atoms in total. The van der Waals surface area contributed by atoms with Gasteiger partial charge < -0.3 is 10.6 Å². The predicted octanol–water partition coefficient (Wildman–Crippen LogP) is 1.85. The Balaban J connectivity index is 2.09. The lowest BCUT2D eigenvalue weighted by atomic mass is 10.2. The molecule has 1 aromatic rings. The van der Waals surface area contributed by atoms with Crippen LogP contribution in [0, 0.1) is 0 Å². The average molecular weight is 236 g/mol. The molecule has 0 aliphatic carbocycles. The summed E-state index contributed by atoms with van der Waals surface area (Å²) in [5, 5.41) is 0.534. The van der Waals surface area contributed by atoms with E-state index in [-0.39, 0.29) is 5.91 Å². The van der Waals surface area contributed by atoms with Gasteiger partial charge in [0.15, 0.2) is 0 Å². The number of benzene rings is 1. The summed E-state index contributed by atoms with van der Waals surface area (Å²) in [5.74, 6) is 1.15. The smallest absolute Gasteiger partial charge is 0.253 e. The van der Waals surface area contributed by atoms with E-state index in [0.29, 0.717) is 10.9 Å². The monoisotopic (exact) mass is 236 g/mol. The fourth-order valence-electron chi connectivity index (χ4n) is 1.81. The second kappa shape index (κ2) is 4.78. The molecule has 1 aliphatic rings. The minimum absolute atomic E-state index is 0.118. The summed E-state index contributed by atoms with van der Waals surface area (Å²) in [6.45, 7) is 3.85. The molecule has 2 rings (SSSR count). The highest BCUT2D eigenvalue weighted by molar-refractivity contribution is 7.99. The molecular formula is C12H16N2OS. The van der Waals surface area contributed by atoms with Crippen molar-refractivity contribution in [3.8, 4) is 0 Å². The van der Waals surface area contributed by atoms with Gasteiger partial charge in [0.2, 0.25) is 0 Å². The molecule has 0 aromatic heterocycles. The van der Waals surface area contributed by atoms with Gasteiger partial charge in [0, 0.05) is 35.3 Å². The zero-order chi connectivity index (χ0) is 11.5. The fraction of sp³-hybridized carbons (Fsp3) is 0.417. The summed E-state index contributed by atoms with van der Waals surface area (Å²) >= 11 is 1.92. The Bertz CT molecular complexity index is 377. The number of nitrogen functional groups attached to an aromatic ring is 1. The van der Waals surface area contributed by atoms with Crippen LogP contribution in [0.25, 0.3) is 0 Å². The van der Waals surface area contributed by atoms with Crippen LogP contribution in [0.2, 0.25) is 0 Å². The van der Waals surface area contributed by atoms with Crippen LogP contribution in [0.1, 0.15) is 17.3 Å². The molecule has 86 valence electrons. The summed E-state index contributed by atoms with van der Waals surface area (Å²) in [6, 6.07) is 7.14. The maximum atomic E-state index is 12.1. The molecule has 1 unspecified atom stereocenters. The lowest BCUT2D eigenvalue weighted by molar-refractivity contribution is 0.0763. The molecular weight excluding hydrogens is 220 g/mol. The van der Waals surface area contributed by atoms with Crippen LogP contribution in [-0.2, 0) is 0 Å². The van der Waals surface area contributed by atoms with E-state index in [0.717, 1.165) is 24.4 Å². The number of hydrogen-bond donors (Lipinski definition) is 1. The van der Waals surface area contributed by atoms with Crippen LogP contribution in [0.15, 0.2) is 24.3 Å². The van der Waals surface area contributed by atoms with Crippen LogP contribution < -0.4 is 5.73 Å². The Morgan fingerprint density at radius 2 is 2.12 bits per heavy atom. The number of carbonyl (C=O) groups excluding carboxylic acids is 1. The van der Waals surface area contributed by atoms with E-state index < -0.39 is 0 Å². The molecule has 1 aliphatic heterocycles. The largest absolute Gasteiger partial charge is 0.399 e. The highest BCUT2D eigenvalue weighted by Crippen LogP contribution is 2.19. The maximum absolute atomic E-state index is 12.1. The SMILES string of the molecule is CC1CN(C(=O)c2ccc(N)cc2)CCS1. The molecule has 2 N–H and O–H groups in total. The van der Waals surface area contributed by atoms with Crippen LogP contribution >= 0.6 is 11.8 Å². The topological polar surface area (TPSA) is 46.3 Å². The molecule has 1 saturated heterocycles. The molecule has 0 saturated carbocycles. The van der Waals surface area contributed by atoms with E-state index in [2.05, 4.69) is 6.92 Å². The maximum Gasteiger partial charge on any atom is 0.253 e. The van der Waals surface area contributed by atoms with Crippen LogP contribution in [0.4, 0.5) is 5.69 Å². The van der Waals surface area contributed by atoms with Gasteiger partial charge in [-0.25, -0.2) is 0 Å². The highest BCUT2D eigenvalue weighted by Gasteiger charge is 2.21. The number of nitrogens with zero attached hydrogens (tertiary/aromatic N) is 1. The second-order valence-corrected chi connectivity index (χ2v) is 5.60. The van der Waals surface area contributed by atoms with Gasteiger partial charge in [-0.1, -0.05) is 6.92 Å². The summed E-state index contributed by atoms with van der Waals surface area (Å²) in [6.07, 6.45) is 0. The number of rotatable bonds is 1. The van der Waals surface area contributed by atoms with Crippen molar-refractivity contribution in [3.05, 3.63) is 29.8 Å². The number of nitrogens with two attached hydrogens (primary N) is 1. The number of thioether (sulfide) groups is 1. The first-order valence-corrected chi connectivity index (χ1v) is 6.48. The fourth-order valence-corrected chi connectivity index (χ4v) is 2.82. The third-order valence-corrected chi connectivity index (χ3v) is 3.82. The predicted molar refractivity (Wildman–Crippen MR) is 68.7 cm³/mol. The van der Waals surface area contributed by atoms with E-state index in [1.807, 2.05) is 16.7 Å². The number of carbonyl (C=O) groups is 1. The molecule has 16 heavy (non-hydrogen) atoms. The molecule has 0 radical (unpaired) electrons. The lowest BCUT2D eigenvalue weighted by Crippen LogP contribution is -2.40. The lowest BCUT2D eigenvalue weighted by Gasteiger charge is -2.30. The van der Waals surface area contributed by atoms with Gasteiger partial charge in [0.25, 0.3) is 5.91 Å². The quantitative estimate of drug-likeness (QED) is 0.757. The third kappa shape index (κ3) is 2.50. The molecule has 0 spiro atoms. The summed E-state index contributed by atoms with van der Waals surface area (Å²) in [7, 11) is 0. The van der Waals surface area contributed by atoms with E-state index in [9.17, 15) is 4.79 Å². The Morgan fingerprint density at radius 3 is 2.75 bits per heavy atom. The minimum Gasteiger partial charge on any atom is -0.399 e. The molecule has 1 fully saturated rings. The van der Waals surface area contributed by atoms with Crippen molar-refractivity contribution in [2.24, 2.45) is 0 Å². The van der Waals surface area contributed by atoms with Gasteiger partial charge in [-0.15, -0.1) is 0 Å². The van der Waals surface area contributed by atoms with Crippen molar-refractivity contribution >= 4 is 23.4 Å². The Labute approximate surface area is 100.0 Å². The summed E-state index contributed by atoms with van der Waals surface area (Å²) in [5.41, 5.74) is 7.02. The standard InChI is InChI=1S/C12H16N2OS/c1-9-8-14(6-7-16-9)12(15)10-2-4-11(13)5-3-10/h2-5,9H,6-8,13H2,1H3. The zero-order valence-corrected chi connectivity index (χ0v) is 10.2. The Kier molecular flexibility index (Phi) is 3.39. The van der Waals surface area contributed by atoms with Gasteiger partial charge in [0.1, 0.15) is 0 Å². The molecule has 1 amide bonds. The first-order valence-electron chi connectivity index (χ1n) is 5.43. The first-order chi connectivity index (χ1) is 7.66. The number of amides is 1. The Hall–Kier alpha value is -1.16. The normalized spacial score (nSPS) is 20.8. The van der Waals surface area contributed by atoms with Gasteiger partial charge in [-0.2, -0.15) is 11.8 Å². The van der Waals surface area contributed by atoms with Crippen molar-refractivity contribution in [3.63, 3.8) is 0 Å². The number of anilines is 1. The Morgan fingerprint density at radius 1 is 1.44 bits per heavy atom. The third-order valence-electron chi connectivity index (χ3n) is 2.69. The first kappa shape index (κ1) is 11.3. The van der Waals surface area contributed by atoms with Crippen molar-refractivity contribution in [2.75, 3.05) is 24.6 Å². The van der Waals surface area contributed by atoms with Crippen LogP contribution in [-0.4, -0.2) is 34.9 Å². The van der Waals surface area contributed by atoms with Gasteiger partial charge in [-0.05, 0) is 24.3 Å². The van der Waals surface area contributed by atoms with Crippen molar-refractivity contribution in [1.29, 1.82) is 0 Å². The van der Waals surface area contributed by atoms with Crippen molar-refractivity contribution in [1.82, 2.24) is 4.90 Å². The van der Waals surface area contributed by atoms with E-state index in [4.69, 9.17) is 5.73 Å². The molecule has 1 atom stereocenters. The van der Waals surface area contributed by atoms with Gasteiger partial charge >= 0.3 is 0 Å². The average Bonchev–Trinajstić information content (AvgIpc) is 2.29. The summed E-state index contributed by atoms with van der Waals surface area (Å²) < 4.78 is 0. The zero-order valence-electron chi connectivity index (χ0n) is 9.35. The molecule has 0 bridgehead atoms. The second-order valence-electron chi connectivity index (χ2n) is 4.05. The van der Waals surface area contributed by atoms with Crippen molar-refractivity contribution in [2.45, 2.75) is 12.2 Å².